The maximum Gasteiger partial charge on any atom is 0.261 e. The first kappa shape index (κ1) is 21.0. The van der Waals surface area contributed by atoms with Crippen molar-refractivity contribution in [1.82, 2.24) is 5.16 Å². The van der Waals surface area contributed by atoms with Gasteiger partial charge in [-0.15, -0.1) is 0 Å². The first-order chi connectivity index (χ1) is 16.6. The summed E-state index contributed by atoms with van der Waals surface area (Å²) in [5.41, 5.74) is 4.30. The van der Waals surface area contributed by atoms with Crippen molar-refractivity contribution >= 4 is 23.2 Å². The zero-order valence-corrected chi connectivity index (χ0v) is 18.2. The van der Waals surface area contributed by atoms with Gasteiger partial charge in [-0.3, -0.25) is 4.79 Å². The van der Waals surface area contributed by atoms with Crippen molar-refractivity contribution in [2.75, 3.05) is 12.1 Å². The molecule has 1 aliphatic rings. The van der Waals surface area contributed by atoms with E-state index in [1.165, 1.54) is 0 Å². The van der Waals surface area contributed by atoms with Crippen LogP contribution < -0.4 is 14.8 Å². The average molecular weight is 449 g/mol. The molecule has 0 radical (unpaired) electrons. The Morgan fingerprint density at radius 2 is 1.79 bits per heavy atom. The summed E-state index contributed by atoms with van der Waals surface area (Å²) in [7, 11) is 0. The number of nitrogens with zero attached hydrogens (tertiary/aromatic N) is 2. The van der Waals surface area contributed by atoms with Crippen LogP contribution in [0.3, 0.4) is 0 Å². The topological polar surface area (TPSA) is 97.4 Å². The number of rotatable bonds is 5. The van der Waals surface area contributed by atoms with Crippen LogP contribution in [-0.4, -0.2) is 17.9 Å². The Balaban J connectivity index is 1.35. The Kier molecular flexibility index (Phi) is 5.55. The van der Waals surface area contributed by atoms with Gasteiger partial charge in [0.2, 0.25) is 6.79 Å². The molecule has 1 aliphatic heterocycles. The highest BCUT2D eigenvalue weighted by atomic mass is 16.7. The number of nitrogens with one attached hydrogen (secondary N) is 1. The molecule has 1 amide bonds. The summed E-state index contributed by atoms with van der Waals surface area (Å²) in [6.07, 6.45) is 1.78. The molecule has 7 nitrogen and oxygen atoms in total. The molecular formula is C27H19N3O4. The fourth-order valence-electron chi connectivity index (χ4n) is 3.71. The van der Waals surface area contributed by atoms with Crippen LogP contribution >= 0.6 is 0 Å². The van der Waals surface area contributed by atoms with Crippen molar-refractivity contribution in [3.63, 3.8) is 0 Å². The minimum atomic E-state index is -0.318. The normalized spacial score (nSPS) is 12.3. The van der Waals surface area contributed by atoms with E-state index in [0.29, 0.717) is 39.8 Å². The number of benzene rings is 3. The average Bonchev–Trinajstić information content (AvgIpc) is 3.49. The highest BCUT2D eigenvalue weighted by Gasteiger charge is 2.21. The lowest BCUT2D eigenvalue weighted by atomic mass is 10.0. The Labute approximate surface area is 195 Å². The molecular weight excluding hydrogens is 430 g/mol. The van der Waals surface area contributed by atoms with E-state index in [1.54, 1.807) is 37.3 Å². The second kappa shape index (κ2) is 8.96. The van der Waals surface area contributed by atoms with Crippen molar-refractivity contribution < 1.29 is 18.8 Å². The number of carbonyl (C=O) groups excluding carboxylic acids is 1. The Hall–Kier alpha value is -4.83. The Morgan fingerprint density at radius 3 is 2.56 bits per heavy atom. The van der Waals surface area contributed by atoms with Crippen molar-refractivity contribution in [1.29, 1.82) is 5.26 Å². The molecule has 0 saturated carbocycles. The van der Waals surface area contributed by atoms with E-state index in [1.807, 2.05) is 48.5 Å². The lowest BCUT2D eigenvalue weighted by molar-refractivity contribution is 0.102. The van der Waals surface area contributed by atoms with Crippen LogP contribution in [0.15, 0.2) is 77.3 Å². The molecule has 1 N–H and O–H groups in total. The molecule has 0 saturated heterocycles. The third-order valence-electron chi connectivity index (χ3n) is 5.42. The second-order valence-electron chi connectivity index (χ2n) is 7.64. The summed E-state index contributed by atoms with van der Waals surface area (Å²) in [5, 5.41) is 16.6. The van der Waals surface area contributed by atoms with E-state index < -0.39 is 0 Å². The van der Waals surface area contributed by atoms with E-state index in [2.05, 4.69) is 16.5 Å². The number of aryl methyl sites for hydroxylation is 1. The number of hydrogen-bond acceptors (Lipinski definition) is 6. The summed E-state index contributed by atoms with van der Waals surface area (Å²) in [6, 6.07) is 24.2. The van der Waals surface area contributed by atoms with Gasteiger partial charge < -0.3 is 19.3 Å². The maximum atomic E-state index is 13.0. The Bertz CT molecular complexity index is 1430. The third-order valence-corrected chi connectivity index (χ3v) is 5.42. The molecule has 7 heteroatoms. The van der Waals surface area contributed by atoms with Crippen LogP contribution in [0, 0.1) is 18.3 Å². The van der Waals surface area contributed by atoms with E-state index in [-0.39, 0.29) is 12.7 Å². The van der Waals surface area contributed by atoms with E-state index in [0.717, 1.165) is 16.7 Å². The van der Waals surface area contributed by atoms with Gasteiger partial charge in [-0.05, 0) is 48.4 Å². The van der Waals surface area contributed by atoms with Crippen LogP contribution in [0.4, 0.5) is 5.69 Å². The van der Waals surface area contributed by atoms with Gasteiger partial charge in [0.15, 0.2) is 11.5 Å². The number of amides is 1. The van der Waals surface area contributed by atoms with Gasteiger partial charge >= 0.3 is 0 Å². The van der Waals surface area contributed by atoms with Gasteiger partial charge in [-0.25, -0.2) is 0 Å². The smallest absolute Gasteiger partial charge is 0.261 e. The zero-order chi connectivity index (χ0) is 23.5. The highest BCUT2D eigenvalue weighted by Crippen LogP contribution is 2.34. The van der Waals surface area contributed by atoms with Crippen LogP contribution in [0.25, 0.3) is 22.9 Å². The van der Waals surface area contributed by atoms with Gasteiger partial charge in [0.25, 0.3) is 5.91 Å². The number of allylic oxidation sites excluding steroid dienone is 1. The quantitative estimate of drug-likeness (QED) is 0.310. The predicted octanol–water partition coefficient (Wildman–Crippen LogP) is 5.70. The van der Waals surface area contributed by atoms with Crippen LogP contribution in [-0.2, 0) is 0 Å². The number of aromatic nitrogens is 1. The molecule has 2 heterocycles. The molecule has 4 aromatic rings. The third kappa shape index (κ3) is 4.12. The second-order valence-corrected chi connectivity index (χ2v) is 7.64. The fraction of sp³-hybridized carbons (Fsp3) is 0.0741. The molecule has 0 atom stereocenters. The molecule has 0 unspecified atom stereocenters. The molecule has 166 valence electrons. The molecule has 3 aromatic carbocycles. The molecule has 34 heavy (non-hydrogen) atoms. The van der Waals surface area contributed by atoms with Gasteiger partial charge in [0.05, 0.1) is 11.6 Å². The van der Waals surface area contributed by atoms with Crippen LogP contribution in [0.5, 0.6) is 11.5 Å². The summed E-state index contributed by atoms with van der Waals surface area (Å²) in [4.78, 5) is 13.0. The van der Waals surface area contributed by atoms with Crippen molar-refractivity contribution in [2.24, 2.45) is 0 Å². The molecule has 0 aliphatic carbocycles. The monoisotopic (exact) mass is 449 g/mol. The van der Waals surface area contributed by atoms with Crippen LogP contribution in [0.2, 0.25) is 0 Å². The fourth-order valence-corrected chi connectivity index (χ4v) is 3.71. The number of ether oxygens (including phenoxy) is 2. The van der Waals surface area contributed by atoms with Gasteiger partial charge in [-0.2, -0.15) is 5.26 Å². The van der Waals surface area contributed by atoms with Crippen molar-refractivity contribution in [3.05, 3.63) is 95.2 Å². The maximum absolute atomic E-state index is 13.0. The minimum Gasteiger partial charge on any atom is -0.454 e. The SMILES string of the molecule is Cc1onc(-c2ccccc2)c1C(=O)Nc1ccc(/C(C#N)=C\c2ccc3c(c2)OCO3)cc1. The van der Waals surface area contributed by atoms with Gasteiger partial charge in [0, 0.05) is 11.3 Å². The number of anilines is 1. The summed E-state index contributed by atoms with van der Waals surface area (Å²) in [5.74, 6) is 1.46. The van der Waals surface area contributed by atoms with Crippen molar-refractivity contribution in [2.45, 2.75) is 6.92 Å². The number of nitriles is 1. The summed E-state index contributed by atoms with van der Waals surface area (Å²) >= 11 is 0. The van der Waals surface area contributed by atoms with E-state index >= 15 is 0 Å². The first-order valence-electron chi connectivity index (χ1n) is 10.6. The lowest BCUT2D eigenvalue weighted by Gasteiger charge is -2.07. The molecule has 0 fully saturated rings. The number of hydrogen-bond donors (Lipinski definition) is 1. The summed E-state index contributed by atoms with van der Waals surface area (Å²) < 4.78 is 16.0. The molecule has 5 rings (SSSR count). The number of fused-ring (bicyclic) bond motifs is 1. The highest BCUT2D eigenvalue weighted by molar-refractivity contribution is 6.08. The van der Waals surface area contributed by atoms with Crippen LogP contribution in [0.1, 0.15) is 27.2 Å². The first-order valence-corrected chi connectivity index (χ1v) is 10.6. The van der Waals surface area contributed by atoms with Crippen molar-refractivity contribution in [3.8, 4) is 28.8 Å². The largest absolute Gasteiger partial charge is 0.454 e. The van der Waals surface area contributed by atoms with Gasteiger partial charge in [0.1, 0.15) is 17.0 Å². The Morgan fingerprint density at radius 1 is 1.03 bits per heavy atom. The zero-order valence-electron chi connectivity index (χ0n) is 18.2. The predicted molar refractivity (Wildman–Crippen MR) is 127 cm³/mol. The van der Waals surface area contributed by atoms with Gasteiger partial charge in [-0.1, -0.05) is 53.7 Å². The molecule has 0 bridgehead atoms. The minimum absolute atomic E-state index is 0.196. The standard InChI is InChI=1S/C27H19N3O4/c1-17-25(26(30-34-17)20-5-3-2-4-6-20)27(31)29-22-10-8-19(9-11-22)21(15-28)13-18-7-12-23-24(14-18)33-16-32-23/h2-14H,16H2,1H3,(H,29,31)/b21-13-. The lowest BCUT2D eigenvalue weighted by Crippen LogP contribution is -2.13. The number of carbonyl (C=O) groups is 1. The molecule has 0 spiro atoms. The molecule has 1 aromatic heterocycles. The van der Waals surface area contributed by atoms with E-state index in [9.17, 15) is 10.1 Å². The summed E-state index contributed by atoms with van der Waals surface area (Å²) in [6.45, 7) is 1.90. The van der Waals surface area contributed by atoms with E-state index in [4.69, 9.17) is 14.0 Å².